The number of benzene rings is 1. The Morgan fingerprint density at radius 1 is 1.25 bits per heavy atom. The summed E-state index contributed by atoms with van der Waals surface area (Å²) in [6, 6.07) is 4.74. The van der Waals surface area contributed by atoms with Gasteiger partial charge in [-0.1, -0.05) is 13.3 Å². The van der Waals surface area contributed by atoms with Crippen molar-refractivity contribution in [1.82, 2.24) is 4.72 Å². The first kappa shape index (κ1) is 22.5. The number of rotatable bonds is 9. The fourth-order valence-electron chi connectivity index (χ4n) is 3.12. The lowest BCUT2D eigenvalue weighted by atomic mass is 9.86. The molecule has 8 heteroatoms. The van der Waals surface area contributed by atoms with Crippen LogP contribution in [-0.2, 0) is 14.8 Å². The average Bonchev–Trinajstić information content (AvgIpc) is 2.64. The van der Waals surface area contributed by atoms with Crippen molar-refractivity contribution < 1.29 is 23.1 Å². The van der Waals surface area contributed by atoms with Crippen LogP contribution in [0.5, 0.6) is 11.5 Å². The zero-order valence-corrected chi connectivity index (χ0v) is 17.7. The fourth-order valence-corrected chi connectivity index (χ4v) is 4.09. The molecule has 2 rings (SSSR count). The van der Waals surface area contributed by atoms with Crippen LogP contribution in [0.4, 0.5) is 5.69 Å². The highest BCUT2D eigenvalue weighted by Crippen LogP contribution is 2.31. The summed E-state index contributed by atoms with van der Waals surface area (Å²) < 4.78 is 32.2. The summed E-state index contributed by atoms with van der Waals surface area (Å²) in [7, 11) is -3.30. The Kier molecular flexibility index (Phi) is 8.12. The van der Waals surface area contributed by atoms with Gasteiger partial charge in [-0.05, 0) is 58.1 Å². The highest BCUT2D eigenvalue weighted by atomic mass is 32.2. The van der Waals surface area contributed by atoms with E-state index in [1.165, 1.54) is 6.07 Å². The third-order valence-corrected chi connectivity index (χ3v) is 6.95. The van der Waals surface area contributed by atoms with Crippen molar-refractivity contribution in [2.45, 2.75) is 70.6 Å². The number of ether oxygens (including phenoxy) is 1. The van der Waals surface area contributed by atoms with E-state index >= 15 is 0 Å². The van der Waals surface area contributed by atoms with Gasteiger partial charge in [-0.3, -0.25) is 4.79 Å². The van der Waals surface area contributed by atoms with E-state index in [1.807, 2.05) is 0 Å². The van der Waals surface area contributed by atoms with Crippen LogP contribution >= 0.6 is 0 Å². The Labute approximate surface area is 167 Å². The summed E-state index contributed by atoms with van der Waals surface area (Å²) in [4.78, 5) is 12.5. The van der Waals surface area contributed by atoms with Gasteiger partial charge >= 0.3 is 0 Å². The average molecular weight is 413 g/mol. The van der Waals surface area contributed by atoms with E-state index in [0.29, 0.717) is 43.7 Å². The first-order chi connectivity index (χ1) is 13.2. The first-order valence-corrected chi connectivity index (χ1v) is 11.6. The summed E-state index contributed by atoms with van der Waals surface area (Å²) in [5.41, 5.74) is 0.357. The van der Waals surface area contributed by atoms with E-state index < -0.39 is 15.3 Å². The minimum absolute atomic E-state index is 0.0271. The lowest BCUT2D eigenvalue weighted by molar-refractivity contribution is -0.120. The van der Waals surface area contributed by atoms with Crippen LogP contribution < -0.4 is 14.8 Å². The van der Waals surface area contributed by atoms with Gasteiger partial charge in [0.05, 0.1) is 17.5 Å². The number of carbonyl (C=O) groups is 1. The Bertz CT molecular complexity index is 756. The van der Waals surface area contributed by atoms with Crippen molar-refractivity contribution in [3.63, 3.8) is 0 Å². The zero-order chi connectivity index (χ0) is 20.7. The first-order valence-electron chi connectivity index (χ1n) is 10.0. The molecule has 1 aliphatic carbocycles. The number of amides is 1. The number of carbonyl (C=O) groups excluding carboxylic acids is 1. The van der Waals surface area contributed by atoms with Gasteiger partial charge in [0.1, 0.15) is 11.5 Å². The van der Waals surface area contributed by atoms with Crippen molar-refractivity contribution in [3.05, 3.63) is 18.2 Å². The molecule has 0 aromatic heterocycles. The molecule has 1 fully saturated rings. The molecule has 0 atom stereocenters. The number of hydrogen-bond acceptors (Lipinski definition) is 5. The van der Waals surface area contributed by atoms with Gasteiger partial charge in [-0.15, -0.1) is 0 Å². The Balaban J connectivity index is 1.86. The van der Waals surface area contributed by atoms with Crippen molar-refractivity contribution >= 4 is 21.6 Å². The molecule has 1 aromatic rings. The van der Waals surface area contributed by atoms with Crippen molar-refractivity contribution in [2.24, 2.45) is 5.92 Å². The van der Waals surface area contributed by atoms with Gasteiger partial charge in [0.2, 0.25) is 15.9 Å². The van der Waals surface area contributed by atoms with Gasteiger partial charge in [0, 0.05) is 18.0 Å². The van der Waals surface area contributed by atoms with E-state index in [-0.39, 0.29) is 23.6 Å². The highest BCUT2D eigenvalue weighted by molar-refractivity contribution is 7.90. The van der Waals surface area contributed by atoms with Crippen LogP contribution in [-0.4, -0.2) is 37.3 Å². The molecule has 1 amide bonds. The van der Waals surface area contributed by atoms with Crippen LogP contribution in [0.15, 0.2) is 18.2 Å². The van der Waals surface area contributed by atoms with E-state index in [2.05, 4.69) is 17.0 Å². The quantitative estimate of drug-likeness (QED) is 0.426. The molecule has 0 unspecified atom stereocenters. The molecule has 3 N–H and O–H groups in total. The molecule has 1 aliphatic rings. The molecular weight excluding hydrogens is 380 g/mol. The van der Waals surface area contributed by atoms with E-state index in [9.17, 15) is 18.3 Å². The number of anilines is 1. The normalized spacial score (nSPS) is 20.1. The largest absolute Gasteiger partial charge is 0.506 e. The lowest BCUT2D eigenvalue weighted by Crippen LogP contribution is -2.42. The number of phenols is 1. The standard InChI is InChI=1S/C20H32N2O5S/c1-4-5-12-27-17-10-11-18(19(23)13-17)21-20(24)15-6-8-16(9-7-15)22-28(25,26)14(2)3/h10-11,13-16,22-23H,4-9,12H2,1-3H3,(H,21,24). The van der Waals surface area contributed by atoms with Crippen LogP contribution in [0, 0.1) is 5.92 Å². The monoisotopic (exact) mass is 412 g/mol. The molecule has 1 saturated carbocycles. The lowest BCUT2D eigenvalue weighted by Gasteiger charge is -2.28. The van der Waals surface area contributed by atoms with Gasteiger partial charge in [-0.25, -0.2) is 13.1 Å². The molecule has 7 nitrogen and oxygen atoms in total. The molecule has 0 aliphatic heterocycles. The molecule has 0 radical (unpaired) electrons. The fraction of sp³-hybridized carbons (Fsp3) is 0.650. The molecule has 158 valence electrons. The Morgan fingerprint density at radius 2 is 1.93 bits per heavy atom. The van der Waals surface area contributed by atoms with Gasteiger partial charge in [-0.2, -0.15) is 0 Å². The van der Waals surface area contributed by atoms with Gasteiger partial charge in [0.25, 0.3) is 0 Å². The molecule has 28 heavy (non-hydrogen) atoms. The maximum atomic E-state index is 12.5. The second-order valence-electron chi connectivity index (χ2n) is 7.63. The summed E-state index contributed by atoms with van der Waals surface area (Å²) in [6.07, 6.45) is 4.43. The second-order valence-corrected chi connectivity index (χ2v) is 9.90. The summed E-state index contributed by atoms with van der Waals surface area (Å²) in [5, 5.41) is 12.5. The van der Waals surface area contributed by atoms with Gasteiger partial charge in [0.15, 0.2) is 0 Å². The molecule has 0 heterocycles. The van der Waals surface area contributed by atoms with Crippen LogP contribution in [0.2, 0.25) is 0 Å². The van der Waals surface area contributed by atoms with Gasteiger partial charge < -0.3 is 15.2 Å². The second kappa shape index (κ2) is 10.1. The predicted molar refractivity (Wildman–Crippen MR) is 110 cm³/mol. The molecule has 0 spiro atoms. The van der Waals surface area contributed by atoms with Crippen molar-refractivity contribution in [2.75, 3.05) is 11.9 Å². The van der Waals surface area contributed by atoms with E-state index in [4.69, 9.17) is 4.74 Å². The molecule has 1 aromatic carbocycles. The zero-order valence-electron chi connectivity index (χ0n) is 16.9. The molecule has 0 bridgehead atoms. The topological polar surface area (TPSA) is 105 Å². The van der Waals surface area contributed by atoms with Crippen LogP contribution in [0.3, 0.4) is 0 Å². The SMILES string of the molecule is CCCCOc1ccc(NC(=O)C2CCC(NS(=O)(=O)C(C)C)CC2)c(O)c1. The summed E-state index contributed by atoms with van der Waals surface area (Å²) in [6.45, 7) is 5.96. The smallest absolute Gasteiger partial charge is 0.227 e. The van der Waals surface area contributed by atoms with E-state index in [0.717, 1.165) is 12.8 Å². The molecular formula is C20H32N2O5S. The minimum Gasteiger partial charge on any atom is -0.506 e. The van der Waals surface area contributed by atoms with Crippen LogP contribution in [0.1, 0.15) is 59.3 Å². The third kappa shape index (κ3) is 6.38. The number of hydrogen-bond donors (Lipinski definition) is 3. The van der Waals surface area contributed by atoms with Crippen molar-refractivity contribution in [1.29, 1.82) is 0 Å². The Morgan fingerprint density at radius 3 is 2.50 bits per heavy atom. The number of phenolic OH excluding ortho intramolecular Hbond substituents is 1. The predicted octanol–water partition coefficient (Wildman–Crippen LogP) is 3.40. The van der Waals surface area contributed by atoms with Crippen molar-refractivity contribution in [3.8, 4) is 11.5 Å². The summed E-state index contributed by atoms with van der Waals surface area (Å²) >= 11 is 0. The number of nitrogens with one attached hydrogen (secondary N) is 2. The van der Waals surface area contributed by atoms with E-state index in [1.54, 1.807) is 26.0 Å². The number of unbranched alkanes of at least 4 members (excludes halogenated alkanes) is 1. The third-order valence-electron chi connectivity index (χ3n) is 5.04. The molecule has 0 saturated heterocycles. The minimum atomic E-state index is -3.30. The maximum Gasteiger partial charge on any atom is 0.227 e. The highest BCUT2D eigenvalue weighted by Gasteiger charge is 2.29. The van der Waals surface area contributed by atoms with Crippen LogP contribution in [0.25, 0.3) is 0 Å². The number of aromatic hydroxyl groups is 1. The summed E-state index contributed by atoms with van der Waals surface area (Å²) in [5.74, 6) is 0.197. The number of sulfonamides is 1. The Hall–Kier alpha value is -1.80. The maximum absolute atomic E-state index is 12.5.